The Bertz CT molecular complexity index is 815. The van der Waals surface area contributed by atoms with Gasteiger partial charge in [0.2, 0.25) is 6.79 Å². The van der Waals surface area contributed by atoms with E-state index in [1.807, 2.05) is 12.1 Å². The highest BCUT2D eigenvalue weighted by molar-refractivity contribution is 6.01. The van der Waals surface area contributed by atoms with Crippen molar-refractivity contribution >= 4 is 11.9 Å². The topological polar surface area (TPSA) is 89.1 Å². The Morgan fingerprint density at radius 3 is 2.92 bits per heavy atom. The second-order valence-corrected chi connectivity index (χ2v) is 6.86. The third kappa shape index (κ3) is 2.48. The number of carbonyl (C=O) groups excluding carboxylic acids is 2. The number of rotatable bonds is 3. The molecule has 0 saturated carbocycles. The van der Waals surface area contributed by atoms with E-state index in [4.69, 9.17) is 14.2 Å². The first kappa shape index (κ1) is 15.5. The highest BCUT2D eigenvalue weighted by Crippen LogP contribution is 2.38. The number of benzene rings is 1. The van der Waals surface area contributed by atoms with Gasteiger partial charge in [-0.3, -0.25) is 4.79 Å². The lowest BCUT2D eigenvalue weighted by atomic mass is 9.96. The van der Waals surface area contributed by atoms with Gasteiger partial charge in [0.25, 0.3) is 5.91 Å². The molecule has 1 saturated heterocycles. The molecule has 1 aromatic rings. The van der Waals surface area contributed by atoms with Crippen LogP contribution in [0, 0.1) is 0 Å². The average Bonchev–Trinajstić information content (AvgIpc) is 3.35. The molecule has 5 rings (SSSR count). The summed E-state index contributed by atoms with van der Waals surface area (Å²) >= 11 is 0. The van der Waals surface area contributed by atoms with E-state index in [1.165, 1.54) is 0 Å². The zero-order valence-electron chi connectivity index (χ0n) is 14.1. The quantitative estimate of drug-likeness (QED) is 0.844. The molecule has 0 aliphatic carbocycles. The molecule has 4 aliphatic heterocycles. The molecule has 8 nitrogen and oxygen atoms in total. The second kappa shape index (κ2) is 5.91. The average molecular weight is 357 g/mol. The van der Waals surface area contributed by atoms with Crippen molar-refractivity contribution in [3.63, 3.8) is 0 Å². The van der Waals surface area contributed by atoms with Crippen LogP contribution in [0.4, 0.5) is 4.79 Å². The van der Waals surface area contributed by atoms with E-state index in [9.17, 15) is 9.59 Å². The summed E-state index contributed by atoms with van der Waals surface area (Å²) in [6.45, 7) is 1.88. The lowest BCUT2D eigenvalue weighted by Crippen LogP contribution is -2.44. The molecule has 4 aliphatic rings. The van der Waals surface area contributed by atoms with Gasteiger partial charge in [0, 0.05) is 13.2 Å². The number of hydrogen-bond donors (Lipinski definition) is 2. The lowest BCUT2D eigenvalue weighted by molar-refractivity contribution is -0.127. The van der Waals surface area contributed by atoms with Crippen LogP contribution in [-0.4, -0.2) is 49.4 Å². The largest absolute Gasteiger partial charge is 0.454 e. The first-order chi connectivity index (χ1) is 12.7. The van der Waals surface area contributed by atoms with Gasteiger partial charge in [-0.1, -0.05) is 6.07 Å². The van der Waals surface area contributed by atoms with Crippen molar-refractivity contribution in [2.45, 2.75) is 25.0 Å². The number of urea groups is 1. The summed E-state index contributed by atoms with van der Waals surface area (Å²) in [7, 11) is 0. The smallest absolute Gasteiger partial charge is 0.319 e. The molecule has 2 N–H and O–H groups in total. The predicted molar refractivity (Wildman–Crippen MR) is 89.6 cm³/mol. The molecule has 8 heteroatoms. The van der Waals surface area contributed by atoms with Crippen molar-refractivity contribution in [1.82, 2.24) is 15.5 Å². The molecule has 3 amide bonds. The standard InChI is InChI=1S/C18H19N3O5/c22-17-15-12(8-21(17)7-11-2-1-5-24-11)19-18(23)20-16(15)10-3-4-13-14(6-10)26-9-25-13/h3-4,6,11,16H,1-2,5,7-9H2,(H2,19,20,23). The maximum absolute atomic E-state index is 13.0. The third-order valence-electron chi connectivity index (χ3n) is 5.20. The summed E-state index contributed by atoms with van der Waals surface area (Å²) in [5, 5.41) is 5.64. The molecule has 136 valence electrons. The molecule has 2 atom stereocenters. The van der Waals surface area contributed by atoms with Crippen LogP contribution in [0.3, 0.4) is 0 Å². The predicted octanol–water partition coefficient (Wildman–Crippen LogP) is 1.04. The fourth-order valence-corrected chi connectivity index (χ4v) is 3.95. The molecule has 0 spiro atoms. The minimum atomic E-state index is -0.504. The Hall–Kier alpha value is -2.74. The van der Waals surface area contributed by atoms with Gasteiger partial charge in [-0.15, -0.1) is 0 Å². The Labute approximate surface area is 150 Å². The van der Waals surface area contributed by atoms with Crippen molar-refractivity contribution < 1.29 is 23.8 Å². The van der Waals surface area contributed by atoms with Gasteiger partial charge >= 0.3 is 6.03 Å². The van der Waals surface area contributed by atoms with Crippen molar-refractivity contribution in [2.24, 2.45) is 0 Å². The third-order valence-corrected chi connectivity index (χ3v) is 5.20. The molecule has 2 unspecified atom stereocenters. The van der Waals surface area contributed by atoms with Crippen molar-refractivity contribution in [1.29, 1.82) is 0 Å². The van der Waals surface area contributed by atoms with Crippen LogP contribution in [0.25, 0.3) is 0 Å². The van der Waals surface area contributed by atoms with Gasteiger partial charge < -0.3 is 29.7 Å². The highest BCUT2D eigenvalue weighted by Gasteiger charge is 2.41. The van der Waals surface area contributed by atoms with Crippen molar-refractivity contribution in [3.8, 4) is 11.5 Å². The van der Waals surface area contributed by atoms with E-state index in [2.05, 4.69) is 10.6 Å². The van der Waals surface area contributed by atoms with Gasteiger partial charge in [-0.2, -0.15) is 0 Å². The molecular weight excluding hydrogens is 338 g/mol. The minimum Gasteiger partial charge on any atom is -0.454 e. The maximum atomic E-state index is 13.0. The monoisotopic (exact) mass is 357 g/mol. The normalized spacial score (nSPS) is 26.8. The summed E-state index contributed by atoms with van der Waals surface area (Å²) in [4.78, 5) is 26.9. The van der Waals surface area contributed by atoms with E-state index < -0.39 is 6.04 Å². The van der Waals surface area contributed by atoms with Crippen LogP contribution in [-0.2, 0) is 9.53 Å². The summed E-state index contributed by atoms with van der Waals surface area (Å²) in [6, 6.07) is 4.66. The Kier molecular flexibility index (Phi) is 3.53. The molecule has 26 heavy (non-hydrogen) atoms. The molecule has 1 fully saturated rings. The molecule has 0 bridgehead atoms. The van der Waals surface area contributed by atoms with Gasteiger partial charge in [0.1, 0.15) is 0 Å². The SMILES string of the molecule is O=C1NC2=C(C(=O)N(CC3CCCO3)C2)C(c2ccc3c(c2)OCO3)N1. The number of amides is 3. The molecule has 1 aromatic carbocycles. The van der Waals surface area contributed by atoms with Gasteiger partial charge in [-0.25, -0.2) is 4.79 Å². The molecule has 4 heterocycles. The van der Waals surface area contributed by atoms with Crippen LogP contribution in [0.15, 0.2) is 29.5 Å². The van der Waals surface area contributed by atoms with Crippen LogP contribution in [0.2, 0.25) is 0 Å². The lowest BCUT2D eigenvalue weighted by Gasteiger charge is -2.25. The summed E-state index contributed by atoms with van der Waals surface area (Å²) < 4.78 is 16.4. The fourth-order valence-electron chi connectivity index (χ4n) is 3.95. The van der Waals surface area contributed by atoms with Crippen molar-refractivity contribution in [3.05, 3.63) is 35.0 Å². The highest BCUT2D eigenvalue weighted by atomic mass is 16.7. The summed E-state index contributed by atoms with van der Waals surface area (Å²) in [6.07, 6.45) is 2.07. The van der Waals surface area contributed by atoms with Crippen LogP contribution < -0.4 is 20.1 Å². The minimum absolute atomic E-state index is 0.0642. The molecular formula is C18H19N3O5. The zero-order valence-corrected chi connectivity index (χ0v) is 14.1. The Balaban J connectivity index is 1.43. The molecule has 0 aromatic heterocycles. The summed E-state index contributed by atoms with van der Waals surface area (Å²) in [5.74, 6) is 1.23. The van der Waals surface area contributed by atoms with Crippen LogP contribution >= 0.6 is 0 Å². The number of nitrogens with zero attached hydrogens (tertiary/aromatic N) is 1. The maximum Gasteiger partial charge on any atom is 0.319 e. The van der Waals surface area contributed by atoms with Crippen molar-refractivity contribution in [2.75, 3.05) is 26.5 Å². The number of nitrogens with one attached hydrogen (secondary N) is 2. The van der Waals surface area contributed by atoms with Gasteiger partial charge in [-0.05, 0) is 30.5 Å². The number of hydrogen-bond acceptors (Lipinski definition) is 5. The summed E-state index contributed by atoms with van der Waals surface area (Å²) in [5.41, 5.74) is 2.05. The van der Waals surface area contributed by atoms with E-state index >= 15 is 0 Å². The van der Waals surface area contributed by atoms with Crippen LogP contribution in [0.5, 0.6) is 11.5 Å². The van der Waals surface area contributed by atoms with Gasteiger partial charge in [0.05, 0.1) is 30.0 Å². The number of fused-ring (bicyclic) bond motifs is 1. The second-order valence-electron chi connectivity index (χ2n) is 6.86. The number of ether oxygens (including phenoxy) is 3. The first-order valence-electron chi connectivity index (χ1n) is 8.80. The van der Waals surface area contributed by atoms with E-state index in [1.54, 1.807) is 11.0 Å². The van der Waals surface area contributed by atoms with E-state index in [0.717, 1.165) is 25.0 Å². The van der Waals surface area contributed by atoms with E-state index in [0.29, 0.717) is 35.9 Å². The van der Waals surface area contributed by atoms with Crippen LogP contribution in [0.1, 0.15) is 24.4 Å². The molecule has 0 radical (unpaired) electrons. The zero-order chi connectivity index (χ0) is 17.7. The van der Waals surface area contributed by atoms with Gasteiger partial charge in [0.15, 0.2) is 11.5 Å². The Morgan fingerprint density at radius 1 is 1.19 bits per heavy atom. The fraction of sp³-hybridized carbons (Fsp3) is 0.444. The van der Waals surface area contributed by atoms with E-state index in [-0.39, 0.29) is 24.8 Å². The number of carbonyl (C=O) groups is 2. The first-order valence-corrected chi connectivity index (χ1v) is 8.80. The Morgan fingerprint density at radius 2 is 2.08 bits per heavy atom.